The molecule has 0 saturated carbocycles. The van der Waals surface area contributed by atoms with E-state index in [-0.39, 0.29) is 26.7 Å². The molecule has 176 valence electrons. The van der Waals surface area contributed by atoms with Gasteiger partial charge in [0.15, 0.2) is 5.84 Å². The second-order valence-electron chi connectivity index (χ2n) is 7.32. The van der Waals surface area contributed by atoms with Crippen molar-refractivity contribution in [3.05, 3.63) is 65.2 Å². The standard InChI is InChI=1S/C23H22N4O5S2/c1-3-34(29,30)23-26-27-20(24)18(21(28)25-22(27)33-23)14-16-8-10-17(11-9-16)31-12-13-32-19-7-5-4-6-15(19)2/h4-11,14,24H,3,12-13H2,1-2H3/b18-14+,24-20?. The summed E-state index contributed by atoms with van der Waals surface area (Å²) < 4.78 is 35.4. The Morgan fingerprint density at radius 3 is 2.50 bits per heavy atom. The number of carbonyl (C=O) groups is 1. The van der Waals surface area contributed by atoms with Gasteiger partial charge in [-0.2, -0.15) is 10.0 Å². The maximum absolute atomic E-state index is 12.5. The minimum absolute atomic E-state index is 0.0172. The molecule has 0 unspecified atom stereocenters. The molecule has 2 heterocycles. The molecule has 2 aliphatic heterocycles. The molecule has 9 nitrogen and oxygen atoms in total. The Labute approximate surface area is 201 Å². The van der Waals surface area contributed by atoms with E-state index in [9.17, 15) is 13.2 Å². The van der Waals surface area contributed by atoms with Crippen LogP contribution in [0.25, 0.3) is 6.08 Å². The van der Waals surface area contributed by atoms with E-state index in [0.717, 1.165) is 28.1 Å². The van der Waals surface area contributed by atoms with Gasteiger partial charge in [-0.25, -0.2) is 8.42 Å². The summed E-state index contributed by atoms with van der Waals surface area (Å²) in [5, 5.41) is 13.5. The lowest BCUT2D eigenvalue weighted by atomic mass is 10.1. The molecule has 2 aromatic carbocycles. The Balaban J connectivity index is 1.40. The van der Waals surface area contributed by atoms with Gasteiger partial charge in [0.2, 0.25) is 19.4 Å². The van der Waals surface area contributed by atoms with Gasteiger partial charge >= 0.3 is 0 Å². The van der Waals surface area contributed by atoms with Crippen LogP contribution in [0.15, 0.2) is 64.2 Å². The van der Waals surface area contributed by atoms with Gasteiger partial charge in [0.05, 0.1) is 11.3 Å². The largest absolute Gasteiger partial charge is 0.490 e. The lowest BCUT2D eigenvalue weighted by Gasteiger charge is -2.20. The number of hydrogen-bond donors (Lipinski definition) is 1. The Morgan fingerprint density at radius 2 is 1.79 bits per heavy atom. The van der Waals surface area contributed by atoms with E-state index in [1.807, 2.05) is 31.2 Å². The summed E-state index contributed by atoms with van der Waals surface area (Å²) in [5.41, 5.74) is 1.73. The Bertz CT molecular complexity index is 1330. The van der Waals surface area contributed by atoms with Crippen molar-refractivity contribution in [2.75, 3.05) is 19.0 Å². The van der Waals surface area contributed by atoms with Crippen molar-refractivity contribution in [2.24, 2.45) is 10.1 Å². The van der Waals surface area contributed by atoms with Crippen molar-refractivity contribution in [3.8, 4) is 11.5 Å². The van der Waals surface area contributed by atoms with Crippen LogP contribution in [0, 0.1) is 12.3 Å². The lowest BCUT2D eigenvalue weighted by Crippen LogP contribution is -2.35. The average molecular weight is 499 g/mol. The quantitative estimate of drug-likeness (QED) is 0.458. The highest BCUT2D eigenvalue weighted by Gasteiger charge is 2.39. The summed E-state index contributed by atoms with van der Waals surface area (Å²) in [6.45, 7) is 4.24. The van der Waals surface area contributed by atoms with Gasteiger partial charge in [-0.15, -0.1) is 5.10 Å². The molecule has 0 atom stereocenters. The van der Waals surface area contributed by atoms with E-state index < -0.39 is 15.7 Å². The fraction of sp³-hybridized carbons (Fsp3) is 0.217. The van der Waals surface area contributed by atoms with Crippen LogP contribution in [0.2, 0.25) is 0 Å². The van der Waals surface area contributed by atoms with Gasteiger partial charge in [0.1, 0.15) is 24.7 Å². The molecule has 0 aliphatic carbocycles. The third-order valence-corrected chi connectivity index (χ3v) is 8.07. The number of aryl methyl sites for hydroxylation is 1. The second-order valence-corrected chi connectivity index (χ2v) is 10.7. The normalized spacial score (nSPS) is 16.9. The molecule has 1 amide bonds. The summed E-state index contributed by atoms with van der Waals surface area (Å²) in [4.78, 5) is 16.4. The van der Waals surface area contributed by atoms with Crippen LogP contribution in [0.4, 0.5) is 0 Å². The van der Waals surface area contributed by atoms with Crippen LogP contribution < -0.4 is 9.47 Å². The molecular formula is C23H22N4O5S2. The molecule has 11 heteroatoms. The van der Waals surface area contributed by atoms with Crippen LogP contribution in [0.1, 0.15) is 18.1 Å². The number of aliphatic imine (C=N–C) groups is 1. The third-order valence-electron chi connectivity index (χ3n) is 4.98. The molecule has 0 saturated heterocycles. The van der Waals surface area contributed by atoms with Crippen LogP contribution in [0.3, 0.4) is 0 Å². The fourth-order valence-corrected chi connectivity index (χ4v) is 5.24. The van der Waals surface area contributed by atoms with Gasteiger partial charge in [-0.05, 0) is 54.1 Å². The number of nitrogens with zero attached hydrogens (tertiary/aromatic N) is 3. The van der Waals surface area contributed by atoms with E-state index in [1.54, 1.807) is 24.3 Å². The predicted molar refractivity (Wildman–Crippen MR) is 133 cm³/mol. The molecule has 0 spiro atoms. The molecular weight excluding hydrogens is 476 g/mol. The van der Waals surface area contributed by atoms with Crippen LogP contribution in [-0.2, 0) is 14.6 Å². The maximum Gasteiger partial charge on any atom is 0.283 e. The SMILES string of the molecule is CCS(=O)(=O)C1=NN2C(=N)/C(=C\c3ccc(OCCOc4ccccc4C)cc3)C(=O)N=C2S1. The number of benzene rings is 2. The summed E-state index contributed by atoms with van der Waals surface area (Å²) in [6, 6.07) is 14.8. The van der Waals surface area contributed by atoms with Crippen molar-refractivity contribution in [1.82, 2.24) is 5.01 Å². The highest BCUT2D eigenvalue weighted by Crippen LogP contribution is 2.30. The number of hydrazone groups is 1. The predicted octanol–water partition coefficient (Wildman–Crippen LogP) is 3.46. The molecule has 0 aromatic heterocycles. The average Bonchev–Trinajstić information content (AvgIpc) is 3.26. The zero-order chi connectivity index (χ0) is 24.3. The van der Waals surface area contributed by atoms with Gasteiger partial charge in [0.25, 0.3) is 5.91 Å². The number of amides is 1. The summed E-state index contributed by atoms with van der Waals surface area (Å²) in [6.07, 6.45) is 1.52. The summed E-state index contributed by atoms with van der Waals surface area (Å²) >= 11 is 0.775. The highest BCUT2D eigenvalue weighted by molar-refractivity contribution is 8.42. The van der Waals surface area contributed by atoms with Crippen LogP contribution >= 0.6 is 11.8 Å². The Morgan fingerprint density at radius 1 is 1.09 bits per heavy atom. The molecule has 0 fully saturated rings. The number of nitrogens with one attached hydrogen (secondary N) is 1. The van der Waals surface area contributed by atoms with Crippen molar-refractivity contribution in [2.45, 2.75) is 13.8 Å². The highest BCUT2D eigenvalue weighted by atomic mass is 32.3. The fourth-order valence-electron chi connectivity index (χ4n) is 3.08. The van der Waals surface area contributed by atoms with Crippen molar-refractivity contribution < 1.29 is 22.7 Å². The number of ether oxygens (including phenoxy) is 2. The van der Waals surface area contributed by atoms with Crippen molar-refractivity contribution in [1.29, 1.82) is 5.41 Å². The van der Waals surface area contributed by atoms with Crippen LogP contribution in [0.5, 0.6) is 11.5 Å². The number of hydrogen-bond acceptors (Lipinski definition) is 8. The van der Waals surface area contributed by atoms with E-state index in [1.165, 1.54) is 13.0 Å². The van der Waals surface area contributed by atoms with Gasteiger partial charge < -0.3 is 9.47 Å². The minimum atomic E-state index is -3.57. The Kier molecular flexibility index (Phi) is 6.85. The molecule has 2 aliphatic rings. The topological polar surface area (TPSA) is 121 Å². The second kappa shape index (κ2) is 9.82. The zero-order valence-corrected chi connectivity index (χ0v) is 20.1. The minimum Gasteiger partial charge on any atom is -0.490 e. The van der Waals surface area contributed by atoms with E-state index in [4.69, 9.17) is 14.9 Å². The number of para-hydroxylation sites is 1. The van der Waals surface area contributed by atoms with Crippen molar-refractivity contribution >= 4 is 49.0 Å². The first-order valence-corrected chi connectivity index (χ1v) is 12.9. The first-order chi connectivity index (χ1) is 16.3. The van der Waals surface area contributed by atoms with Crippen LogP contribution in [-0.4, -0.2) is 53.7 Å². The molecule has 0 bridgehead atoms. The third kappa shape index (κ3) is 5.05. The molecule has 4 rings (SSSR count). The lowest BCUT2D eigenvalue weighted by molar-refractivity contribution is -0.114. The van der Waals surface area contributed by atoms with E-state index in [2.05, 4.69) is 10.1 Å². The Hall–Kier alpha value is -3.44. The summed E-state index contributed by atoms with van der Waals surface area (Å²) in [7, 11) is -3.57. The van der Waals surface area contributed by atoms with E-state index in [0.29, 0.717) is 24.5 Å². The van der Waals surface area contributed by atoms with Gasteiger partial charge in [0, 0.05) is 0 Å². The smallest absolute Gasteiger partial charge is 0.283 e. The molecule has 34 heavy (non-hydrogen) atoms. The molecule has 2 aromatic rings. The molecule has 0 radical (unpaired) electrons. The first kappa shape index (κ1) is 23.7. The number of rotatable bonds is 7. The summed E-state index contributed by atoms with van der Waals surface area (Å²) in [5.74, 6) is 0.478. The zero-order valence-electron chi connectivity index (χ0n) is 18.5. The van der Waals surface area contributed by atoms with Crippen molar-refractivity contribution in [3.63, 3.8) is 0 Å². The number of fused-ring (bicyclic) bond motifs is 1. The number of carbonyl (C=O) groups excluding carboxylic acids is 1. The van der Waals surface area contributed by atoms with Gasteiger partial charge in [-0.1, -0.05) is 37.3 Å². The number of amidine groups is 2. The number of sulfone groups is 1. The maximum atomic E-state index is 12.5. The number of thioether (sulfide) groups is 1. The van der Waals surface area contributed by atoms with Gasteiger partial charge in [-0.3, -0.25) is 10.2 Å². The monoisotopic (exact) mass is 498 g/mol. The molecule has 1 N–H and O–H groups in total. The first-order valence-electron chi connectivity index (χ1n) is 10.4. The van der Waals surface area contributed by atoms with E-state index >= 15 is 0 Å².